The van der Waals surface area contributed by atoms with Gasteiger partial charge in [0.15, 0.2) is 5.17 Å². The van der Waals surface area contributed by atoms with Gasteiger partial charge in [-0.3, -0.25) is 4.79 Å². The lowest BCUT2D eigenvalue weighted by atomic mass is 9.73. The molecule has 0 aliphatic carbocycles. The average molecular weight is 643 g/mol. The van der Waals surface area contributed by atoms with E-state index in [2.05, 4.69) is 25.0 Å². The first kappa shape index (κ1) is 36.7. The third-order valence-electron chi connectivity index (χ3n) is 7.08. The number of aliphatic imine (C=N–C) groups is 1. The van der Waals surface area contributed by atoms with Crippen LogP contribution in [0.3, 0.4) is 0 Å². The Hall–Kier alpha value is -2.48. The molecule has 1 unspecified atom stereocenters. The van der Waals surface area contributed by atoms with Crippen molar-refractivity contribution in [2.45, 2.75) is 76.2 Å². The summed E-state index contributed by atoms with van der Waals surface area (Å²) in [6.07, 6.45) is 2.24. The quantitative estimate of drug-likeness (QED) is 0.0954. The van der Waals surface area contributed by atoms with Crippen LogP contribution in [0.25, 0.3) is 0 Å². The first-order valence-electron chi connectivity index (χ1n) is 14.3. The van der Waals surface area contributed by atoms with Gasteiger partial charge in [-0.25, -0.2) is 23.5 Å². The number of nitrogen functional groups attached to an aromatic ring is 1. The number of ether oxygens (including phenoxy) is 3. The van der Waals surface area contributed by atoms with E-state index in [1.54, 1.807) is 40.7 Å². The molecule has 2 rings (SSSR count). The Balaban J connectivity index is 2.69. The van der Waals surface area contributed by atoms with Crippen LogP contribution >= 0.6 is 11.8 Å². The number of rotatable bonds is 12. The van der Waals surface area contributed by atoms with Crippen LogP contribution in [0, 0.1) is 11.7 Å². The van der Waals surface area contributed by atoms with E-state index in [-0.39, 0.29) is 29.1 Å². The lowest BCUT2D eigenvalue weighted by Crippen LogP contribution is -2.53. The summed E-state index contributed by atoms with van der Waals surface area (Å²) in [4.78, 5) is 32.1. The van der Waals surface area contributed by atoms with Crippen molar-refractivity contribution in [3.63, 3.8) is 0 Å². The number of alkyl halides is 1. The van der Waals surface area contributed by atoms with Gasteiger partial charge in [0.05, 0.1) is 6.61 Å². The van der Waals surface area contributed by atoms with Crippen LogP contribution in [0.5, 0.6) is 0 Å². The molecule has 2 amide bonds. The van der Waals surface area contributed by atoms with E-state index in [4.69, 9.17) is 24.9 Å². The number of anilines is 1. The zero-order valence-corrected chi connectivity index (χ0v) is 28.7. The molecule has 1 aromatic carbocycles. The summed E-state index contributed by atoms with van der Waals surface area (Å²) >= 11 is 1.15. The van der Waals surface area contributed by atoms with Crippen molar-refractivity contribution >= 4 is 42.7 Å². The van der Waals surface area contributed by atoms with Gasteiger partial charge in [0.1, 0.15) is 30.4 Å². The minimum absolute atomic E-state index is 0.0479. The Kier molecular flexibility index (Phi) is 12.8. The molecule has 3 N–H and O–H groups in total. The van der Waals surface area contributed by atoms with Gasteiger partial charge in [-0.1, -0.05) is 44.4 Å². The first-order valence-corrected chi connectivity index (χ1v) is 18.8. The molecule has 0 fully saturated rings. The van der Waals surface area contributed by atoms with Crippen LogP contribution in [0.15, 0.2) is 35.3 Å². The van der Waals surface area contributed by atoms with E-state index in [1.807, 2.05) is 0 Å². The average Bonchev–Trinajstić information content (AvgIpc) is 2.89. The molecule has 242 valence electrons. The predicted molar refractivity (Wildman–Crippen MR) is 172 cm³/mol. The number of carbonyl (C=O) groups is 2. The lowest BCUT2D eigenvalue weighted by molar-refractivity contribution is -0.116. The molecule has 1 heterocycles. The molecule has 0 aromatic heterocycles. The summed E-state index contributed by atoms with van der Waals surface area (Å²) in [6, 6.07) is 4.79. The number of amidine groups is 1. The minimum atomic E-state index is -1.79. The molecule has 13 heteroatoms. The number of benzene rings is 1. The fourth-order valence-corrected chi connectivity index (χ4v) is 6.45. The van der Waals surface area contributed by atoms with Crippen LogP contribution < -0.4 is 11.1 Å². The first-order chi connectivity index (χ1) is 19.9. The molecule has 3 atom stereocenters. The number of carbonyl (C=O) groups excluding carboxylic acids is 2. The second-order valence-corrected chi connectivity index (χ2v) is 20.1. The van der Waals surface area contributed by atoms with E-state index in [9.17, 15) is 9.59 Å². The van der Waals surface area contributed by atoms with Gasteiger partial charge in [0.2, 0.25) is 5.91 Å². The second kappa shape index (κ2) is 15.0. The highest BCUT2D eigenvalue weighted by Crippen LogP contribution is 2.52. The number of halogens is 2. The molecule has 9 nitrogen and oxygen atoms in total. The van der Waals surface area contributed by atoms with E-state index in [1.165, 1.54) is 36.3 Å². The van der Waals surface area contributed by atoms with Gasteiger partial charge in [-0.05, 0) is 51.9 Å². The minimum Gasteiger partial charge on any atom is -0.443 e. The van der Waals surface area contributed by atoms with Crippen molar-refractivity contribution in [3.05, 3.63) is 41.7 Å². The van der Waals surface area contributed by atoms with Crippen LogP contribution in [0.4, 0.5) is 19.3 Å². The Morgan fingerprint density at radius 1 is 1.26 bits per heavy atom. The number of amides is 2. The zero-order valence-electron chi connectivity index (χ0n) is 26.9. The Morgan fingerprint density at radius 2 is 1.93 bits per heavy atom. The Morgan fingerprint density at radius 3 is 2.51 bits per heavy atom. The van der Waals surface area contributed by atoms with E-state index in [0.717, 1.165) is 17.8 Å². The highest BCUT2D eigenvalue weighted by Gasteiger charge is 2.54. The summed E-state index contributed by atoms with van der Waals surface area (Å²) in [5.74, 6) is -1.77. The van der Waals surface area contributed by atoms with Crippen LogP contribution in [-0.4, -0.2) is 80.8 Å². The van der Waals surface area contributed by atoms with Crippen LogP contribution in [-0.2, 0) is 24.5 Å². The monoisotopic (exact) mass is 642 g/mol. The highest BCUT2D eigenvalue weighted by atomic mass is 32.2. The fourth-order valence-electron chi connectivity index (χ4n) is 4.34. The molecule has 0 radical (unpaired) electrons. The second-order valence-electron chi connectivity index (χ2n) is 13.1. The summed E-state index contributed by atoms with van der Waals surface area (Å²) in [6.45, 7) is 15.1. The van der Waals surface area contributed by atoms with Crippen molar-refractivity contribution < 1.29 is 32.6 Å². The summed E-state index contributed by atoms with van der Waals surface area (Å²) in [7, 11) is 0.0914. The zero-order chi connectivity index (χ0) is 32.6. The molecule has 0 spiro atoms. The number of nitrogens with zero attached hydrogens (tertiary/aromatic N) is 2. The maximum absolute atomic E-state index is 15.5. The van der Waals surface area contributed by atoms with E-state index in [0.29, 0.717) is 19.8 Å². The Labute approximate surface area is 260 Å². The SMILES string of the molecule is COCCNC(=O)/C=C/[C@@]1(C)SC(N(COCC[Si](C)(C)C)C(=O)OC(C)(C)C)=N[C@](CF)(c2cc(N)ccc2F)C1C. The predicted octanol–water partition coefficient (Wildman–Crippen LogP) is 5.94. The maximum Gasteiger partial charge on any atom is 0.418 e. The molecule has 0 saturated carbocycles. The normalized spacial score (nSPS) is 22.8. The van der Waals surface area contributed by atoms with Gasteiger partial charge in [-0.2, -0.15) is 0 Å². The summed E-state index contributed by atoms with van der Waals surface area (Å²) in [5.41, 5.74) is 3.58. The maximum atomic E-state index is 15.5. The van der Waals surface area contributed by atoms with Crippen LogP contribution in [0.1, 0.15) is 40.2 Å². The molecule has 0 saturated heterocycles. The van der Waals surface area contributed by atoms with Gasteiger partial charge in [-0.15, -0.1) is 0 Å². The molecular weight excluding hydrogens is 595 g/mol. The summed E-state index contributed by atoms with van der Waals surface area (Å²) in [5, 5.41) is 2.80. The van der Waals surface area contributed by atoms with Crippen molar-refractivity contribution in [1.82, 2.24) is 10.2 Å². The number of nitrogens with two attached hydrogens (primary N) is 1. The number of thioether (sulfide) groups is 1. The van der Waals surface area contributed by atoms with E-state index < -0.39 is 48.5 Å². The lowest BCUT2D eigenvalue weighted by Gasteiger charge is -2.48. The number of methoxy groups -OCH3 is 1. The van der Waals surface area contributed by atoms with Gasteiger partial charge in [0.25, 0.3) is 0 Å². The molecule has 1 aliphatic heterocycles. The number of hydrogen-bond donors (Lipinski definition) is 2. The van der Waals surface area contributed by atoms with Gasteiger partial charge < -0.3 is 25.3 Å². The number of nitrogens with one attached hydrogen (secondary N) is 1. The smallest absolute Gasteiger partial charge is 0.418 e. The van der Waals surface area contributed by atoms with Crippen LogP contribution in [0.2, 0.25) is 25.7 Å². The number of hydrogen-bond acceptors (Lipinski definition) is 8. The fraction of sp³-hybridized carbons (Fsp3) is 0.633. The standard InChI is InChI=1S/C30H48F2N4O5SSi/c1-21-29(5,13-12-25(37)34-14-15-39-6)42-26(35-30(21,19-31)23-18-22(33)10-11-24(23)32)36(27(38)41-28(2,3)4)20-40-16-17-43(7,8)9/h10-13,18,21H,14-17,19-20,33H2,1-9H3,(H,34,37)/b13-12+/t21?,29-,30+/m1/s1. The van der Waals surface area contributed by atoms with Crippen molar-refractivity contribution in [1.29, 1.82) is 0 Å². The van der Waals surface area contributed by atoms with Crippen molar-refractivity contribution in [2.75, 3.05) is 46.0 Å². The molecule has 0 bridgehead atoms. The van der Waals surface area contributed by atoms with Crippen molar-refractivity contribution in [2.24, 2.45) is 10.9 Å². The van der Waals surface area contributed by atoms with E-state index >= 15 is 8.78 Å². The third-order valence-corrected chi connectivity index (χ3v) is 10.2. The van der Waals surface area contributed by atoms with Crippen molar-refractivity contribution in [3.8, 4) is 0 Å². The topological polar surface area (TPSA) is 115 Å². The molecular formula is C30H48F2N4O5SSi. The summed E-state index contributed by atoms with van der Waals surface area (Å²) < 4.78 is 46.5. The molecule has 43 heavy (non-hydrogen) atoms. The Bertz CT molecular complexity index is 1190. The molecule has 1 aromatic rings. The third kappa shape index (κ3) is 10.3. The highest BCUT2D eigenvalue weighted by molar-refractivity contribution is 8.15. The largest absolute Gasteiger partial charge is 0.443 e. The van der Waals surface area contributed by atoms with Gasteiger partial charge in [0, 0.05) is 56.3 Å². The molecule has 1 aliphatic rings. The van der Waals surface area contributed by atoms with Gasteiger partial charge >= 0.3 is 6.09 Å².